The van der Waals surface area contributed by atoms with Crippen LogP contribution in [0.4, 0.5) is 0 Å². The summed E-state index contributed by atoms with van der Waals surface area (Å²) in [6.45, 7) is 6.94. The van der Waals surface area contributed by atoms with Gasteiger partial charge in [-0.05, 0) is 75.9 Å². The predicted molar refractivity (Wildman–Crippen MR) is 109 cm³/mol. The third-order valence-corrected chi connectivity index (χ3v) is 6.62. The van der Waals surface area contributed by atoms with Gasteiger partial charge in [-0.3, -0.25) is 19.6 Å². The Hall–Kier alpha value is -1.50. The van der Waals surface area contributed by atoms with E-state index in [2.05, 4.69) is 32.2 Å². The zero-order chi connectivity index (χ0) is 19.2. The average Bonchev–Trinajstić information content (AvgIpc) is 2.76. The molecular weight excluding hydrogens is 352 g/mol. The topological polar surface area (TPSA) is 57.7 Å². The number of nitrogens with one attached hydrogen (secondary N) is 1. The van der Waals surface area contributed by atoms with Gasteiger partial charge in [0.15, 0.2) is 0 Å². The van der Waals surface area contributed by atoms with Crippen molar-refractivity contribution in [3.8, 4) is 0 Å². The van der Waals surface area contributed by atoms with Gasteiger partial charge in [-0.25, -0.2) is 0 Å². The van der Waals surface area contributed by atoms with E-state index in [1.807, 2.05) is 12.4 Å². The number of likely N-dealkylation sites (tertiary alicyclic amines) is 2. The molecule has 0 unspecified atom stereocenters. The predicted octanol–water partition coefficient (Wildman–Crippen LogP) is 2.05. The normalized spacial score (nSPS) is 26.2. The van der Waals surface area contributed by atoms with Crippen LogP contribution < -0.4 is 5.32 Å². The molecule has 1 atom stereocenters. The summed E-state index contributed by atoms with van der Waals surface area (Å²) in [5, 5.41) is 3.29. The summed E-state index contributed by atoms with van der Waals surface area (Å²) in [6.07, 6.45) is 10.3. The summed E-state index contributed by atoms with van der Waals surface area (Å²) in [4.78, 5) is 22.0. The van der Waals surface area contributed by atoms with Crippen molar-refractivity contribution < 1.29 is 9.53 Å². The van der Waals surface area contributed by atoms with Crippen LogP contribution in [0.15, 0.2) is 24.5 Å². The van der Waals surface area contributed by atoms with Crippen molar-refractivity contribution in [3.63, 3.8) is 0 Å². The summed E-state index contributed by atoms with van der Waals surface area (Å²) >= 11 is 0. The summed E-state index contributed by atoms with van der Waals surface area (Å²) in [5.41, 5.74) is 1.34. The molecule has 1 aromatic heterocycles. The molecule has 0 radical (unpaired) electrons. The average molecular weight is 387 g/mol. The molecule has 6 nitrogen and oxygen atoms in total. The van der Waals surface area contributed by atoms with Crippen LogP contribution in [0.25, 0.3) is 0 Å². The largest absolute Gasteiger partial charge is 0.381 e. The lowest BCUT2D eigenvalue weighted by atomic mass is 9.92. The summed E-state index contributed by atoms with van der Waals surface area (Å²) in [5.74, 6) is 0.429. The van der Waals surface area contributed by atoms with Gasteiger partial charge in [-0.15, -0.1) is 0 Å². The molecule has 6 heteroatoms. The van der Waals surface area contributed by atoms with E-state index in [4.69, 9.17) is 4.74 Å². The van der Waals surface area contributed by atoms with Gasteiger partial charge in [0.25, 0.3) is 0 Å². The number of aromatic nitrogens is 1. The molecule has 4 heterocycles. The van der Waals surface area contributed by atoms with Crippen molar-refractivity contribution in [2.75, 3.05) is 39.4 Å². The molecule has 3 aliphatic rings. The molecule has 3 fully saturated rings. The molecule has 0 spiro atoms. The first-order chi connectivity index (χ1) is 13.8. The first-order valence-corrected chi connectivity index (χ1v) is 11.0. The van der Waals surface area contributed by atoms with Gasteiger partial charge in [0.1, 0.15) is 0 Å². The molecule has 0 saturated carbocycles. The number of hydrogen-bond acceptors (Lipinski definition) is 5. The first kappa shape index (κ1) is 19.8. The van der Waals surface area contributed by atoms with Crippen LogP contribution in [0, 0.1) is 5.92 Å². The smallest absolute Gasteiger partial charge is 0.224 e. The zero-order valence-corrected chi connectivity index (χ0v) is 16.9. The first-order valence-electron chi connectivity index (χ1n) is 11.0. The number of ether oxygens (including phenoxy) is 1. The number of pyridine rings is 1. The SMILES string of the molecule is O=C(NC1CCOCC1)[C@H]1CCCN(C2CCN(Cc3ccncc3)CC2)C1. The molecule has 3 saturated heterocycles. The van der Waals surface area contributed by atoms with E-state index >= 15 is 0 Å². The highest BCUT2D eigenvalue weighted by molar-refractivity contribution is 5.79. The molecule has 1 N–H and O–H groups in total. The van der Waals surface area contributed by atoms with E-state index in [1.165, 1.54) is 18.4 Å². The van der Waals surface area contributed by atoms with Gasteiger partial charge >= 0.3 is 0 Å². The maximum Gasteiger partial charge on any atom is 0.224 e. The molecule has 3 aliphatic heterocycles. The molecule has 1 amide bonds. The van der Waals surface area contributed by atoms with Crippen molar-refractivity contribution in [3.05, 3.63) is 30.1 Å². The molecule has 1 aromatic rings. The van der Waals surface area contributed by atoms with Crippen LogP contribution in [0.3, 0.4) is 0 Å². The van der Waals surface area contributed by atoms with Gasteiger partial charge in [0.05, 0.1) is 5.92 Å². The highest BCUT2D eigenvalue weighted by Crippen LogP contribution is 2.25. The number of carbonyl (C=O) groups excluding carboxylic acids is 1. The lowest BCUT2D eigenvalue weighted by molar-refractivity contribution is -0.128. The van der Waals surface area contributed by atoms with Crippen LogP contribution in [0.2, 0.25) is 0 Å². The fourth-order valence-corrected chi connectivity index (χ4v) is 4.90. The molecule has 4 rings (SSSR count). The fraction of sp³-hybridized carbons (Fsp3) is 0.727. The van der Waals surface area contributed by atoms with Gasteiger partial charge in [0, 0.05) is 50.8 Å². The highest BCUT2D eigenvalue weighted by atomic mass is 16.5. The van der Waals surface area contributed by atoms with E-state index in [0.29, 0.717) is 12.1 Å². The number of nitrogens with zero attached hydrogens (tertiary/aromatic N) is 3. The minimum absolute atomic E-state index is 0.159. The molecule has 0 aliphatic carbocycles. The highest BCUT2D eigenvalue weighted by Gasteiger charge is 2.32. The van der Waals surface area contributed by atoms with Crippen LogP contribution >= 0.6 is 0 Å². The minimum atomic E-state index is 0.159. The lowest BCUT2D eigenvalue weighted by Gasteiger charge is -2.42. The second-order valence-corrected chi connectivity index (χ2v) is 8.59. The van der Waals surface area contributed by atoms with Crippen LogP contribution in [0.1, 0.15) is 44.1 Å². The maximum absolute atomic E-state index is 12.8. The Bertz CT molecular complexity index is 612. The minimum Gasteiger partial charge on any atom is -0.381 e. The molecule has 28 heavy (non-hydrogen) atoms. The Morgan fingerprint density at radius 1 is 1.07 bits per heavy atom. The quantitative estimate of drug-likeness (QED) is 0.839. The van der Waals surface area contributed by atoms with Gasteiger partial charge in [-0.1, -0.05) is 0 Å². The Balaban J connectivity index is 1.23. The maximum atomic E-state index is 12.8. The number of hydrogen-bond donors (Lipinski definition) is 1. The molecule has 0 bridgehead atoms. The number of carbonyl (C=O) groups is 1. The monoisotopic (exact) mass is 386 g/mol. The van der Waals surface area contributed by atoms with E-state index in [1.54, 1.807) is 0 Å². The zero-order valence-electron chi connectivity index (χ0n) is 16.9. The van der Waals surface area contributed by atoms with Crippen molar-refractivity contribution in [1.29, 1.82) is 0 Å². The summed E-state index contributed by atoms with van der Waals surface area (Å²) in [7, 11) is 0. The molecule has 154 valence electrons. The van der Waals surface area contributed by atoms with Gasteiger partial charge in [0.2, 0.25) is 5.91 Å². The fourth-order valence-electron chi connectivity index (χ4n) is 4.90. The van der Waals surface area contributed by atoms with Crippen LogP contribution in [-0.2, 0) is 16.1 Å². The van der Waals surface area contributed by atoms with Gasteiger partial charge in [-0.2, -0.15) is 0 Å². The number of piperidine rings is 2. The standard InChI is InChI=1S/C22H34N4O2/c27-22(24-20-7-14-28-15-8-20)19-2-1-11-26(17-19)21-5-12-25(13-6-21)16-18-3-9-23-10-4-18/h3-4,9-10,19-21H,1-2,5-8,11-17H2,(H,24,27)/t19-/m0/s1. The van der Waals surface area contributed by atoms with E-state index in [9.17, 15) is 4.79 Å². The van der Waals surface area contributed by atoms with E-state index in [-0.39, 0.29) is 11.8 Å². The van der Waals surface area contributed by atoms with Crippen LogP contribution in [0.5, 0.6) is 0 Å². The second kappa shape index (κ2) is 9.81. The van der Waals surface area contributed by atoms with Crippen molar-refractivity contribution in [1.82, 2.24) is 20.1 Å². The Kier molecular flexibility index (Phi) is 6.94. The van der Waals surface area contributed by atoms with E-state index in [0.717, 1.165) is 71.6 Å². The Labute approximate surface area is 168 Å². The Morgan fingerprint density at radius 2 is 1.82 bits per heavy atom. The summed E-state index contributed by atoms with van der Waals surface area (Å²) in [6, 6.07) is 5.16. The number of rotatable bonds is 5. The number of amides is 1. The van der Waals surface area contributed by atoms with E-state index < -0.39 is 0 Å². The Morgan fingerprint density at radius 3 is 2.57 bits per heavy atom. The second-order valence-electron chi connectivity index (χ2n) is 8.59. The summed E-state index contributed by atoms with van der Waals surface area (Å²) < 4.78 is 5.40. The van der Waals surface area contributed by atoms with Gasteiger partial charge < -0.3 is 10.1 Å². The van der Waals surface area contributed by atoms with Crippen molar-refractivity contribution in [2.24, 2.45) is 5.92 Å². The molecular formula is C22H34N4O2. The molecule has 0 aromatic carbocycles. The van der Waals surface area contributed by atoms with Crippen molar-refractivity contribution >= 4 is 5.91 Å². The third kappa shape index (κ3) is 5.31. The van der Waals surface area contributed by atoms with Crippen molar-refractivity contribution in [2.45, 2.75) is 57.2 Å². The lowest BCUT2D eigenvalue weighted by Crippen LogP contribution is -2.52. The van der Waals surface area contributed by atoms with Crippen LogP contribution in [-0.4, -0.2) is 72.2 Å². The third-order valence-electron chi connectivity index (χ3n) is 6.62.